The first-order valence-corrected chi connectivity index (χ1v) is 8.70. The summed E-state index contributed by atoms with van der Waals surface area (Å²) in [5.41, 5.74) is 4.86. The number of para-hydroxylation sites is 1. The monoisotopic (exact) mass is 368 g/mol. The fourth-order valence-corrected chi connectivity index (χ4v) is 3.43. The molecular weight excluding hydrogens is 352 g/mol. The van der Waals surface area contributed by atoms with Gasteiger partial charge in [0, 0.05) is 18.1 Å². The lowest BCUT2D eigenvalue weighted by Crippen LogP contribution is -2.27. The van der Waals surface area contributed by atoms with Gasteiger partial charge in [0.05, 0.1) is 15.9 Å². The number of nitrogens with zero attached hydrogens (tertiary/aromatic N) is 2. The molecule has 0 aliphatic carbocycles. The summed E-state index contributed by atoms with van der Waals surface area (Å²) in [6, 6.07) is 15.9. The highest BCUT2D eigenvalue weighted by atomic mass is 32.2. The van der Waals surface area contributed by atoms with E-state index in [4.69, 9.17) is 0 Å². The molecule has 0 bridgehead atoms. The molecule has 2 aromatic rings. The van der Waals surface area contributed by atoms with Crippen molar-refractivity contribution >= 4 is 34.2 Å². The zero-order chi connectivity index (χ0) is 18.5. The highest BCUT2D eigenvalue weighted by Gasteiger charge is 2.32. The molecule has 0 aromatic heterocycles. The van der Waals surface area contributed by atoms with Crippen molar-refractivity contribution in [2.75, 3.05) is 0 Å². The van der Waals surface area contributed by atoms with Crippen LogP contribution in [-0.2, 0) is 11.2 Å². The molecule has 26 heavy (non-hydrogen) atoms. The number of hydrogen-bond donors (Lipinski definition) is 2. The van der Waals surface area contributed by atoms with Gasteiger partial charge in [-0.15, -0.1) is 5.10 Å². The van der Waals surface area contributed by atoms with Crippen LogP contribution in [0.3, 0.4) is 0 Å². The van der Waals surface area contributed by atoms with E-state index in [-0.39, 0.29) is 18.0 Å². The van der Waals surface area contributed by atoms with Crippen LogP contribution in [0, 0.1) is 10.1 Å². The Bertz CT molecular complexity index is 883. The molecule has 1 fully saturated rings. The summed E-state index contributed by atoms with van der Waals surface area (Å²) >= 11 is 1.23. The largest absolute Gasteiger partial charge is 0.303 e. The number of nitro benzene ring substituents is 1. The third kappa shape index (κ3) is 4.09. The Morgan fingerprint density at radius 2 is 1.92 bits per heavy atom. The van der Waals surface area contributed by atoms with Crippen LogP contribution >= 0.6 is 11.8 Å². The molecule has 0 unspecified atom stereocenters. The lowest BCUT2D eigenvalue weighted by atomic mass is 10.1. The molecule has 1 aliphatic rings. The Kier molecular flexibility index (Phi) is 5.33. The second-order valence-electron chi connectivity index (χ2n) is 5.56. The number of carbonyl (C=O) groups excluding carboxylic acids is 1. The number of nitrogens with one attached hydrogen (secondary N) is 2. The van der Waals surface area contributed by atoms with E-state index >= 15 is 0 Å². The van der Waals surface area contributed by atoms with Crippen molar-refractivity contribution < 1.29 is 9.72 Å². The number of amidine groups is 1. The minimum absolute atomic E-state index is 0.0156. The number of benzene rings is 2. The van der Waals surface area contributed by atoms with E-state index in [9.17, 15) is 14.9 Å². The summed E-state index contributed by atoms with van der Waals surface area (Å²) in [6.07, 6.45) is 0.256. The zero-order valence-corrected chi connectivity index (χ0v) is 14.5. The first-order chi connectivity index (χ1) is 12.5. The maximum Gasteiger partial charge on any atom is 0.272 e. The summed E-state index contributed by atoms with van der Waals surface area (Å²) < 4.78 is 0. The number of rotatable bonds is 6. The van der Waals surface area contributed by atoms with Crippen molar-refractivity contribution in [1.82, 2.24) is 10.7 Å². The van der Waals surface area contributed by atoms with Gasteiger partial charge in [-0.2, -0.15) is 0 Å². The van der Waals surface area contributed by atoms with Crippen molar-refractivity contribution in [3.05, 3.63) is 82.4 Å². The summed E-state index contributed by atoms with van der Waals surface area (Å²) in [5, 5.41) is 17.9. The molecule has 2 aromatic carbocycles. The Balaban J connectivity index is 1.66. The molecule has 1 aliphatic heterocycles. The van der Waals surface area contributed by atoms with Gasteiger partial charge in [-0.25, -0.2) is 0 Å². The number of hydrogen-bond acceptors (Lipinski definition) is 6. The number of amides is 1. The topological polar surface area (TPSA) is 96.6 Å². The van der Waals surface area contributed by atoms with E-state index in [1.807, 2.05) is 30.3 Å². The second-order valence-corrected chi connectivity index (χ2v) is 6.75. The van der Waals surface area contributed by atoms with Crippen LogP contribution < -0.4 is 10.7 Å². The van der Waals surface area contributed by atoms with Gasteiger partial charge < -0.3 is 5.32 Å². The fourth-order valence-electron chi connectivity index (χ4n) is 2.48. The van der Waals surface area contributed by atoms with Crippen molar-refractivity contribution in [3.8, 4) is 0 Å². The van der Waals surface area contributed by atoms with Gasteiger partial charge in [0.2, 0.25) is 5.91 Å². The summed E-state index contributed by atoms with van der Waals surface area (Å²) in [7, 11) is 0. The van der Waals surface area contributed by atoms with Crippen LogP contribution in [0.4, 0.5) is 5.69 Å². The van der Waals surface area contributed by atoms with Gasteiger partial charge in [0.1, 0.15) is 0 Å². The van der Waals surface area contributed by atoms with Crippen LogP contribution in [0.5, 0.6) is 0 Å². The van der Waals surface area contributed by atoms with E-state index in [1.54, 1.807) is 18.2 Å². The lowest BCUT2D eigenvalue weighted by Gasteiger charge is -2.06. The highest BCUT2D eigenvalue weighted by molar-refractivity contribution is 8.15. The van der Waals surface area contributed by atoms with Gasteiger partial charge in [0.15, 0.2) is 5.17 Å². The second kappa shape index (κ2) is 7.83. The van der Waals surface area contributed by atoms with Gasteiger partial charge in [-0.05, 0) is 5.56 Å². The molecule has 0 saturated carbocycles. The first kappa shape index (κ1) is 17.7. The minimum Gasteiger partial charge on any atom is -0.303 e. The number of nitro groups is 1. The molecule has 0 spiro atoms. The Labute approximate surface area is 154 Å². The third-order valence-corrected chi connectivity index (χ3v) is 4.87. The van der Waals surface area contributed by atoms with Crippen LogP contribution in [-0.4, -0.2) is 21.2 Å². The van der Waals surface area contributed by atoms with Crippen molar-refractivity contribution in [1.29, 1.82) is 0 Å². The fraction of sp³-hybridized carbons (Fsp3) is 0.111. The van der Waals surface area contributed by atoms with E-state index < -0.39 is 10.2 Å². The van der Waals surface area contributed by atoms with Gasteiger partial charge >= 0.3 is 0 Å². The SMILES string of the molecule is C=C(N/N=C1\NC(=O)[C@H](Cc2ccccc2[N+](=O)[O-])S1)c1ccccc1. The molecule has 3 rings (SSSR count). The average molecular weight is 368 g/mol. The van der Waals surface area contributed by atoms with Gasteiger partial charge in [0.25, 0.3) is 5.69 Å². The molecule has 2 N–H and O–H groups in total. The van der Waals surface area contributed by atoms with Crippen LogP contribution in [0.15, 0.2) is 66.3 Å². The zero-order valence-electron chi connectivity index (χ0n) is 13.7. The number of carbonyl (C=O) groups is 1. The highest BCUT2D eigenvalue weighted by Crippen LogP contribution is 2.27. The summed E-state index contributed by atoms with van der Waals surface area (Å²) in [5.74, 6) is -0.223. The lowest BCUT2D eigenvalue weighted by molar-refractivity contribution is -0.385. The molecular formula is C18H16N4O3S. The van der Waals surface area contributed by atoms with E-state index in [0.717, 1.165) is 5.56 Å². The van der Waals surface area contributed by atoms with Gasteiger partial charge in [-0.3, -0.25) is 20.3 Å². The van der Waals surface area contributed by atoms with Crippen molar-refractivity contribution in [2.45, 2.75) is 11.7 Å². The molecule has 1 amide bonds. The third-order valence-electron chi connectivity index (χ3n) is 3.78. The molecule has 1 saturated heterocycles. The smallest absolute Gasteiger partial charge is 0.272 e. The first-order valence-electron chi connectivity index (χ1n) is 7.82. The van der Waals surface area contributed by atoms with Crippen LogP contribution in [0.1, 0.15) is 11.1 Å². The molecule has 0 radical (unpaired) electrons. The van der Waals surface area contributed by atoms with Crippen molar-refractivity contribution in [2.24, 2.45) is 5.10 Å². The van der Waals surface area contributed by atoms with E-state index in [1.165, 1.54) is 17.8 Å². The summed E-state index contributed by atoms with van der Waals surface area (Å²) in [6.45, 7) is 3.91. The van der Waals surface area contributed by atoms with E-state index in [2.05, 4.69) is 22.4 Å². The quantitative estimate of drug-likeness (QED) is 0.604. The predicted molar refractivity (Wildman–Crippen MR) is 102 cm³/mol. The molecule has 7 nitrogen and oxygen atoms in total. The number of thioether (sulfide) groups is 1. The van der Waals surface area contributed by atoms with Crippen LogP contribution in [0.2, 0.25) is 0 Å². The van der Waals surface area contributed by atoms with Gasteiger partial charge in [-0.1, -0.05) is 66.9 Å². The normalized spacial score (nSPS) is 17.8. The Morgan fingerprint density at radius 1 is 1.23 bits per heavy atom. The Hall–Kier alpha value is -3.13. The van der Waals surface area contributed by atoms with Crippen LogP contribution in [0.25, 0.3) is 5.70 Å². The minimum atomic E-state index is -0.471. The average Bonchev–Trinajstić information content (AvgIpc) is 3.00. The molecule has 8 heteroatoms. The molecule has 1 atom stereocenters. The molecule has 132 valence electrons. The summed E-state index contributed by atoms with van der Waals surface area (Å²) in [4.78, 5) is 22.8. The van der Waals surface area contributed by atoms with Crippen molar-refractivity contribution in [3.63, 3.8) is 0 Å². The van der Waals surface area contributed by atoms with E-state index in [0.29, 0.717) is 16.4 Å². The maximum atomic E-state index is 12.2. The maximum absolute atomic E-state index is 12.2. The standard InChI is InChI=1S/C18H16N4O3S/c1-12(13-7-3-2-4-8-13)20-21-18-19-17(23)16(26-18)11-14-9-5-6-10-15(14)22(24)25/h2-10,16,20H,1,11H2,(H,19,21,23)/t16-/m0/s1. The predicted octanol–water partition coefficient (Wildman–Crippen LogP) is 2.90. The Morgan fingerprint density at radius 3 is 2.65 bits per heavy atom. The molecule has 1 heterocycles. The number of hydrazone groups is 1.